The number of nitrogens with two attached hydrogens (primary N) is 1. The molecule has 0 amide bonds. The smallest absolute Gasteiger partial charge is 0.295 e. The van der Waals surface area contributed by atoms with Gasteiger partial charge in [-0.15, -0.1) is 0 Å². The standard InChI is InChI=1S/C10H12F3N3O3/c1-19-9-3-7(15-5-10(12,13)4-14)8(16(17)18)2-6(9)11/h2-3,15H,4-5,14H2,1H3. The minimum Gasteiger partial charge on any atom is -0.494 e. The van der Waals surface area contributed by atoms with Crippen molar-refractivity contribution < 1.29 is 22.8 Å². The number of nitro groups is 1. The van der Waals surface area contributed by atoms with Crippen molar-refractivity contribution >= 4 is 11.4 Å². The summed E-state index contributed by atoms with van der Waals surface area (Å²) in [5, 5.41) is 12.9. The number of benzene rings is 1. The summed E-state index contributed by atoms with van der Waals surface area (Å²) in [6.45, 7) is -1.81. The Morgan fingerprint density at radius 2 is 2.16 bits per heavy atom. The van der Waals surface area contributed by atoms with Crippen LogP contribution in [0.2, 0.25) is 0 Å². The molecule has 1 aromatic rings. The number of nitro benzene ring substituents is 1. The monoisotopic (exact) mass is 279 g/mol. The average molecular weight is 279 g/mol. The molecule has 0 aliphatic carbocycles. The van der Waals surface area contributed by atoms with Crippen LogP contribution in [0.25, 0.3) is 0 Å². The Bertz CT molecular complexity index is 483. The second kappa shape index (κ2) is 5.74. The fraction of sp³-hybridized carbons (Fsp3) is 0.400. The SMILES string of the molecule is COc1cc(NCC(F)(F)CN)c([N+](=O)[O-])cc1F. The maximum absolute atomic E-state index is 13.3. The minimum atomic E-state index is -3.23. The van der Waals surface area contributed by atoms with Gasteiger partial charge in [-0.05, 0) is 0 Å². The lowest BCUT2D eigenvalue weighted by Gasteiger charge is -2.16. The number of anilines is 1. The van der Waals surface area contributed by atoms with Crippen molar-refractivity contribution in [2.24, 2.45) is 5.73 Å². The number of ether oxygens (including phenoxy) is 1. The van der Waals surface area contributed by atoms with Crippen LogP contribution >= 0.6 is 0 Å². The third-order valence-corrected chi connectivity index (χ3v) is 2.30. The molecule has 0 unspecified atom stereocenters. The molecule has 0 saturated heterocycles. The highest BCUT2D eigenvalue weighted by Crippen LogP contribution is 2.32. The molecule has 0 radical (unpaired) electrons. The van der Waals surface area contributed by atoms with E-state index in [0.717, 1.165) is 13.2 Å². The van der Waals surface area contributed by atoms with Crippen LogP contribution in [0.1, 0.15) is 0 Å². The predicted molar refractivity (Wildman–Crippen MR) is 62.1 cm³/mol. The Morgan fingerprint density at radius 1 is 1.53 bits per heavy atom. The lowest BCUT2D eigenvalue weighted by molar-refractivity contribution is -0.384. The molecule has 9 heteroatoms. The van der Waals surface area contributed by atoms with Gasteiger partial charge < -0.3 is 15.8 Å². The van der Waals surface area contributed by atoms with E-state index in [9.17, 15) is 23.3 Å². The zero-order valence-electron chi connectivity index (χ0n) is 9.95. The number of nitrogens with one attached hydrogen (secondary N) is 1. The summed E-state index contributed by atoms with van der Waals surface area (Å²) in [6.07, 6.45) is 0. The first kappa shape index (κ1) is 15.0. The Labute approximate surface area is 106 Å². The van der Waals surface area contributed by atoms with Crippen molar-refractivity contribution in [1.29, 1.82) is 0 Å². The van der Waals surface area contributed by atoms with E-state index in [1.54, 1.807) is 0 Å². The van der Waals surface area contributed by atoms with Crippen LogP contribution in [-0.2, 0) is 0 Å². The van der Waals surface area contributed by atoms with Crippen LogP contribution in [0.4, 0.5) is 24.5 Å². The summed E-state index contributed by atoms with van der Waals surface area (Å²) >= 11 is 0. The van der Waals surface area contributed by atoms with E-state index in [4.69, 9.17) is 5.73 Å². The van der Waals surface area contributed by atoms with E-state index in [-0.39, 0.29) is 11.4 Å². The predicted octanol–water partition coefficient (Wildman–Crippen LogP) is 1.75. The van der Waals surface area contributed by atoms with Gasteiger partial charge in [0, 0.05) is 6.07 Å². The minimum absolute atomic E-state index is 0.267. The van der Waals surface area contributed by atoms with E-state index in [0.29, 0.717) is 6.07 Å². The molecule has 0 aliphatic rings. The van der Waals surface area contributed by atoms with E-state index in [2.05, 4.69) is 10.1 Å². The Balaban J connectivity index is 3.07. The summed E-state index contributed by atoms with van der Waals surface area (Å²) in [7, 11) is 1.16. The molecule has 0 aromatic heterocycles. The number of halogens is 3. The van der Waals surface area contributed by atoms with E-state index < -0.39 is 35.4 Å². The van der Waals surface area contributed by atoms with Gasteiger partial charge in [0.25, 0.3) is 11.6 Å². The first-order valence-electron chi connectivity index (χ1n) is 5.14. The molecule has 0 saturated carbocycles. The lowest BCUT2D eigenvalue weighted by atomic mass is 10.2. The first-order valence-corrected chi connectivity index (χ1v) is 5.14. The van der Waals surface area contributed by atoms with E-state index >= 15 is 0 Å². The van der Waals surface area contributed by atoms with Crippen LogP contribution in [0.3, 0.4) is 0 Å². The van der Waals surface area contributed by atoms with Gasteiger partial charge in [0.2, 0.25) is 0 Å². The van der Waals surface area contributed by atoms with Crippen molar-refractivity contribution in [3.05, 3.63) is 28.1 Å². The van der Waals surface area contributed by atoms with Crippen molar-refractivity contribution in [2.45, 2.75) is 5.92 Å². The molecule has 0 aliphatic heterocycles. The molecule has 0 atom stereocenters. The Morgan fingerprint density at radius 3 is 2.63 bits per heavy atom. The van der Waals surface area contributed by atoms with Crippen LogP contribution < -0.4 is 15.8 Å². The third kappa shape index (κ3) is 3.71. The number of alkyl halides is 2. The molecule has 6 nitrogen and oxygen atoms in total. The number of hydrogen-bond donors (Lipinski definition) is 2. The van der Waals surface area contributed by atoms with Gasteiger partial charge in [0.1, 0.15) is 5.69 Å². The zero-order chi connectivity index (χ0) is 14.6. The highest BCUT2D eigenvalue weighted by Gasteiger charge is 2.28. The third-order valence-electron chi connectivity index (χ3n) is 2.30. The molecule has 19 heavy (non-hydrogen) atoms. The lowest BCUT2D eigenvalue weighted by Crippen LogP contribution is -2.35. The zero-order valence-corrected chi connectivity index (χ0v) is 9.95. The van der Waals surface area contributed by atoms with Crippen molar-refractivity contribution in [1.82, 2.24) is 0 Å². The van der Waals surface area contributed by atoms with E-state index in [1.807, 2.05) is 0 Å². The topological polar surface area (TPSA) is 90.4 Å². The highest BCUT2D eigenvalue weighted by molar-refractivity contribution is 5.64. The van der Waals surface area contributed by atoms with Gasteiger partial charge in [-0.2, -0.15) is 0 Å². The highest BCUT2D eigenvalue weighted by atomic mass is 19.3. The van der Waals surface area contributed by atoms with Crippen LogP contribution in [0.15, 0.2) is 12.1 Å². The summed E-state index contributed by atoms with van der Waals surface area (Å²) in [5.41, 5.74) is 3.91. The second-order valence-electron chi connectivity index (χ2n) is 3.67. The molecule has 1 aromatic carbocycles. The van der Waals surface area contributed by atoms with Gasteiger partial charge in [-0.3, -0.25) is 10.1 Å². The van der Waals surface area contributed by atoms with E-state index in [1.165, 1.54) is 0 Å². The molecule has 0 heterocycles. The van der Waals surface area contributed by atoms with Crippen molar-refractivity contribution in [3.8, 4) is 5.75 Å². The molecule has 106 valence electrons. The first-order chi connectivity index (χ1) is 8.80. The molecule has 3 N–H and O–H groups in total. The van der Waals surface area contributed by atoms with Crippen LogP contribution in [0, 0.1) is 15.9 Å². The number of methoxy groups -OCH3 is 1. The maximum Gasteiger partial charge on any atom is 0.295 e. The summed E-state index contributed by atoms with van der Waals surface area (Å²) < 4.78 is 43.9. The van der Waals surface area contributed by atoms with Gasteiger partial charge in [-0.1, -0.05) is 0 Å². The summed E-state index contributed by atoms with van der Waals surface area (Å²) in [6, 6.07) is 1.54. The molecule has 1 rings (SSSR count). The van der Waals surface area contributed by atoms with Crippen molar-refractivity contribution in [2.75, 3.05) is 25.5 Å². The van der Waals surface area contributed by atoms with Gasteiger partial charge in [-0.25, -0.2) is 13.2 Å². The Kier molecular flexibility index (Phi) is 4.54. The van der Waals surface area contributed by atoms with Crippen LogP contribution in [-0.4, -0.2) is 31.0 Å². The quantitative estimate of drug-likeness (QED) is 0.611. The maximum atomic E-state index is 13.3. The molecular formula is C10H12F3N3O3. The Hall–Kier alpha value is -2.03. The normalized spacial score (nSPS) is 11.2. The molecule has 0 bridgehead atoms. The van der Waals surface area contributed by atoms with Crippen molar-refractivity contribution in [3.63, 3.8) is 0 Å². The molecule has 0 fully saturated rings. The number of hydrogen-bond acceptors (Lipinski definition) is 5. The van der Waals surface area contributed by atoms with Crippen LogP contribution in [0.5, 0.6) is 5.75 Å². The fourth-order valence-electron chi connectivity index (χ4n) is 1.29. The number of rotatable bonds is 6. The van der Waals surface area contributed by atoms with Gasteiger partial charge in [0.05, 0.1) is 31.2 Å². The number of nitrogens with zero attached hydrogens (tertiary/aromatic N) is 1. The summed E-state index contributed by atoms with van der Waals surface area (Å²) in [4.78, 5) is 9.83. The van der Waals surface area contributed by atoms with Gasteiger partial charge in [0.15, 0.2) is 11.6 Å². The molecular weight excluding hydrogens is 267 g/mol. The fourth-order valence-corrected chi connectivity index (χ4v) is 1.29. The summed E-state index contributed by atoms with van der Waals surface area (Å²) in [5.74, 6) is -4.47. The second-order valence-corrected chi connectivity index (χ2v) is 3.67. The molecule has 0 spiro atoms. The van der Waals surface area contributed by atoms with Gasteiger partial charge >= 0.3 is 0 Å². The largest absolute Gasteiger partial charge is 0.494 e. The average Bonchev–Trinajstić information content (AvgIpc) is 2.36.